The van der Waals surface area contributed by atoms with Gasteiger partial charge in [0.25, 0.3) is 0 Å². The Kier molecular flexibility index (Phi) is 9.54. The average Bonchev–Trinajstić information content (AvgIpc) is 3.00. The van der Waals surface area contributed by atoms with E-state index in [0.717, 1.165) is 25.7 Å². The summed E-state index contributed by atoms with van der Waals surface area (Å²) in [6.07, 6.45) is 4.01. The fourth-order valence-corrected chi connectivity index (χ4v) is 4.22. The van der Waals surface area contributed by atoms with Crippen LogP contribution in [0.15, 0.2) is 0 Å². The minimum Gasteiger partial charge on any atom is -0.349 e. The molecule has 0 unspecified atom stereocenters. The van der Waals surface area contributed by atoms with E-state index < -0.39 is 10.0 Å². The maximum Gasteiger partial charge on any atom is 0.220 e. The zero-order chi connectivity index (χ0) is 15.9. The van der Waals surface area contributed by atoms with Gasteiger partial charge in [0.15, 0.2) is 0 Å². The summed E-state index contributed by atoms with van der Waals surface area (Å²) < 4.78 is 25.6. The van der Waals surface area contributed by atoms with Crippen LogP contribution in [0, 0.1) is 0 Å². The van der Waals surface area contributed by atoms with Crippen molar-refractivity contribution in [1.82, 2.24) is 9.62 Å². The minimum atomic E-state index is -3.19. The van der Waals surface area contributed by atoms with E-state index in [0.29, 0.717) is 26.1 Å². The zero-order valence-electron chi connectivity index (χ0n) is 13.6. The molecule has 0 aromatic heterocycles. The van der Waals surface area contributed by atoms with Gasteiger partial charge in [0.2, 0.25) is 15.9 Å². The third kappa shape index (κ3) is 6.02. The average molecular weight is 356 g/mol. The van der Waals surface area contributed by atoms with Gasteiger partial charge in [-0.25, -0.2) is 12.7 Å². The van der Waals surface area contributed by atoms with Crippen LogP contribution in [-0.2, 0) is 14.8 Å². The summed E-state index contributed by atoms with van der Waals surface area (Å²) in [6.45, 7) is 5.63. The van der Waals surface area contributed by atoms with Crippen LogP contribution in [-0.4, -0.2) is 49.6 Å². The molecule has 22 heavy (non-hydrogen) atoms. The number of carbonyl (C=O) groups excluding carboxylic acids is 1. The summed E-state index contributed by atoms with van der Waals surface area (Å²) in [5, 5.41) is 2.96. The van der Waals surface area contributed by atoms with Gasteiger partial charge in [-0.1, -0.05) is 13.8 Å². The van der Waals surface area contributed by atoms with E-state index in [1.165, 1.54) is 4.31 Å². The zero-order valence-corrected chi connectivity index (χ0v) is 15.3. The topological polar surface area (TPSA) is 92.5 Å². The number of carbonyl (C=O) groups is 1. The first-order valence-corrected chi connectivity index (χ1v) is 9.49. The molecule has 6 nitrogen and oxygen atoms in total. The van der Waals surface area contributed by atoms with E-state index >= 15 is 0 Å². The third-order valence-electron chi connectivity index (χ3n) is 4.41. The van der Waals surface area contributed by atoms with E-state index in [4.69, 9.17) is 5.73 Å². The highest BCUT2D eigenvalue weighted by Crippen LogP contribution is 2.16. The van der Waals surface area contributed by atoms with Crippen LogP contribution in [0.25, 0.3) is 0 Å². The Labute approximate surface area is 140 Å². The second-order valence-corrected chi connectivity index (χ2v) is 7.85. The molecule has 3 N–H and O–H groups in total. The van der Waals surface area contributed by atoms with Crippen molar-refractivity contribution in [2.45, 2.75) is 57.9 Å². The lowest BCUT2D eigenvalue weighted by Gasteiger charge is -2.31. The Morgan fingerprint density at radius 2 is 1.77 bits per heavy atom. The van der Waals surface area contributed by atoms with Gasteiger partial charge < -0.3 is 11.1 Å². The van der Waals surface area contributed by atoms with Crippen LogP contribution in [0.2, 0.25) is 0 Å². The van der Waals surface area contributed by atoms with Crippen molar-refractivity contribution in [2.24, 2.45) is 5.73 Å². The molecular weight excluding hydrogens is 326 g/mol. The van der Waals surface area contributed by atoms with Gasteiger partial charge >= 0.3 is 0 Å². The molecule has 8 heteroatoms. The molecule has 0 saturated carbocycles. The van der Waals surface area contributed by atoms with Crippen molar-refractivity contribution in [3.05, 3.63) is 0 Å². The summed E-state index contributed by atoms with van der Waals surface area (Å²) in [5.74, 6) is -0.0605. The fourth-order valence-electron chi connectivity index (χ4n) is 2.64. The van der Waals surface area contributed by atoms with Crippen molar-refractivity contribution in [3.63, 3.8) is 0 Å². The summed E-state index contributed by atoms with van der Waals surface area (Å²) in [6, 6.07) is 0. The van der Waals surface area contributed by atoms with Crippen LogP contribution in [0.5, 0.6) is 0 Å². The predicted molar refractivity (Wildman–Crippen MR) is 91.6 cm³/mol. The molecule has 1 rings (SSSR count). The Bertz CT molecular complexity index is 424. The maximum atomic E-state index is 12.0. The van der Waals surface area contributed by atoms with Crippen LogP contribution in [0.3, 0.4) is 0 Å². The first-order valence-electron chi connectivity index (χ1n) is 7.88. The number of halogens is 1. The van der Waals surface area contributed by atoms with Crippen molar-refractivity contribution >= 4 is 28.3 Å². The number of hydrogen-bond donors (Lipinski definition) is 2. The molecule has 132 valence electrons. The van der Waals surface area contributed by atoms with Crippen molar-refractivity contribution in [3.8, 4) is 0 Å². The Morgan fingerprint density at radius 3 is 2.23 bits per heavy atom. The Balaban J connectivity index is 0.00000441. The SMILES string of the molecule is CCC(CC)(CN)NC(=O)CCCS(=O)(=O)N1CCCC1.Cl. The molecular formula is C14H30ClN3O3S. The lowest BCUT2D eigenvalue weighted by atomic mass is 9.93. The van der Waals surface area contributed by atoms with Crippen LogP contribution >= 0.6 is 12.4 Å². The monoisotopic (exact) mass is 355 g/mol. The standard InChI is InChI=1S/C14H29N3O3S.ClH/c1-3-14(4-2,12-15)16-13(18)8-7-11-21(19,20)17-9-5-6-10-17;/h3-12,15H2,1-2H3,(H,16,18);1H. The Morgan fingerprint density at radius 1 is 1.23 bits per heavy atom. The van der Waals surface area contributed by atoms with Gasteiger partial charge in [-0.15, -0.1) is 12.4 Å². The molecule has 1 aliphatic rings. The molecule has 0 aliphatic carbocycles. The molecule has 0 aromatic rings. The summed E-state index contributed by atoms with van der Waals surface area (Å²) in [4.78, 5) is 12.0. The second kappa shape index (κ2) is 9.70. The molecule has 0 spiro atoms. The van der Waals surface area contributed by atoms with Crippen molar-refractivity contribution < 1.29 is 13.2 Å². The second-order valence-electron chi connectivity index (χ2n) is 5.77. The number of sulfonamides is 1. The lowest BCUT2D eigenvalue weighted by Crippen LogP contribution is -2.52. The van der Waals surface area contributed by atoms with Crippen molar-refractivity contribution in [1.29, 1.82) is 0 Å². The Hall–Kier alpha value is -0.370. The minimum absolute atomic E-state index is 0. The summed E-state index contributed by atoms with van der Waals surface area (Å²) in [5.41, 5.74) is 5.38. The number of nitrogens with one attached hydrogen (secondary N) is 1. The summed E-state index contributed by atoms with van der Waals surface area (Å²) in [7, 11) is -3.19. The number of hydrogen-bond acceptors (Lipinski definition) is 4. The number of nitrogens with zero attached hydrogens (tertiary/aromatic N) is 1. The first-order chi connectivity index (χ1) is 9.89. The highest BCUT2D eigenvalue weighted by atomic mass is 35.5. The largest absolute Gasteiger partial charge is 0.349 e. The highest BCUT2D eigenvalue weighted by Gasteiger charge is 2.27. The molecule has 0 radical (unpaired) electrons. The number of nitrogens with two attached hydrogens (primary N) is 1. The summed E-state index contributed by atoms with van der Waals surface area (Å²) >= 11 is 0. The molecule has 1 amide bonds. The smallest absolute Gasteiger partial charge is 0.220 e. The molecule has 0 aromatic carbocycles. The van der Waals surface area contributed by atoms with Gasteiger partial charge in [-0.2, -0.15) is 0 Å². The van der Waals surface area contributed by atoms with Gasteiger partial charge in [-0.05, 0) is 32.1 Å². The molecule has 1 fully saturated rings. The molecule has 0 atom stereocenters. The normalized spacial score (nSPS) is 16.3. The van der Waals surface area contributed by atoms with Crippen LogP contribution in [0.4, 0.5) is 0 Å². The molecule has 1 saturated heterocycles. The fraction of sp³-hybridized carbons (Fsp3) is 0.929. The number of amides is 1. The van der Waals surface area contributed by atoms with Crippen LogP contribution in [0.1, 0.15) is 52.4 Å². The number of rotatable bonds is 9. The van der Waals surface area contributed by atoms with Gasteiger partial charge in [-0.3, -0.25) is 4.79 Å². The first kappa shape index (κ1) is 21.6. The maximum absolute atomic E-state index is 12.0. The quantitative estimate of drug-likeness (QED) is 0.651. The molecule has 1 aliphatic heterocycles. The molecule has 0 bridgehead atoms. The van der Waals surface area contributed by atoms with E-state index in [-0.39, 0.29) is 36.0 Å². The van der Waals surface area contributed by atoms with E-state index in [9.17, 15) is 13.2 Å². The van der Waals surface area contributed by atoms with E-state index in [1.54, 1.807) is 0 Å². The van der Waals surface area contributed by atoms with Gasteiger partial charge in [0.05, 0.1) is 11.3 Å². The van der Waals surface area contributed by atoms with Crippen molar-refractivity contribution in [2.75, 3.05) is 25.4 Å². The highest BCUT2D eigenvalue weighted by molar-refractivity contribution is 7.89. The van der Waals surface area contributed by atoms with Gasteiger partial charge in [0, 0.05) is 26.1 Å². The lowest BCUT2D eigenvalue weighted by molar-refractivity contribution is -0.123. The third-order valence-corrected chi connectivity index (χ3v) is 6.37. The predicted octanol–water partition coefficient (Wildman–Crippen LogP) is 1.25. The molecule has 1 heterocycles. The van der Waals surface area contributed by atoms with Gasteiger partial charge in [0.1, 0.15) is 0 Å². The van der Waals surface area contributed by atoms with E-state index in [2.05, 4.69) is 5.32 Å². The van der Waals surface area contributed by atoms with E-state index in [1.807, 2.05) is 13.8 Å². The van der Waals surface area contributed by atoms with Crippen LogP contribution < -0.4 is 11.1 Å².